The van der Waals surface area contributed by atoms with E-state index in [2.05, 4.69) is 40.7 Å². The second-order valence-electron chi connectivity index (χ2n) is 7.41. The number of sulfonamides is 1. The Balaban J connectivity index is 1.89. The second kappa shape index (κ2) is 7.48. The number of aromatic amines is 1. The highest BCUT2D eigenvalue weighted by Gasteiger charge is 2.19. The molecule has 0 aliphatic rings. The molecule has 0 radical (unpaired) electrons. The first-order valence-electron chi connectivity index (χ1n) is 8.56. The molecule has 0 bridgehead atoms. The number of phenolic OH excluding ortho intramolecular Hbond substituents is 1. The minimum Gasteiger partial charge on any atom is -0.507 e. The van der Waals surface area contributed by atoms with E-state index in [1.54, 1.807) is 25.1 Å². The molecule has 3 aromatic rings. The molecule has 1 aromatic heterocycles. The largest absolute Gasteiger partial charge is 0.507 e. The van der Waals surface area contributed by atoms with Crippen LogP contribution in [-0.4, -0.2) is 28.7 Å². The Kier molecular flexibility index (Phi) is 5.40. The van der Waals surface area contributed by atoms with E-state index >= 15 is 0 Å². The van der Waals surface area contributed by atoms with Crippen LogP contribution in [-0.2, 0) is 15.4 Å². The number of H-pyrrole nitrogens is 1. The number of rotatable bonds is 5. The van der Waals surface area contributed by atoms with Crippen molar-refractivity contribution < 1.29 is 13.5 Å². The summed E-state index contributed by atoms with van der Waals surface area (Å²) in [4.78, 5) is 4.64. The van der Waals surface area contributed by atoms with Crippen LogP contribution in [0.5, 0.6) is 5.75 Å². The number of hydrogen-bond acceptors (Lipinski definition) is 6. The van der Waals surface area contributed by atoms with Gasteiger partial charge >= 0.3 is 0 Å². The first-order valence-corrected chi connectivity index (χ1v) is 10.9. The van der Waals surface area contributed by atoms with Crippen molar-refractivity contribution in [3.05, 3.63) is 53.9 Å². The van der Waals surface area contributed by atoms with E-state index in [0.29, 0.717) is 21.3 Å². The number of hydrogen-bond donors (Lipinski definition) is 3. The van der Waals surface area contributed by atoms with Gasteiger partial charge in [-0.1, -0.05) is 32.9 Å². The van der Waals surface area contributed by atoms with Gasteiger partial charge in [0, 0.05) is 0 Å². The quantitative estimate of drug-likeness (QED) is 0.539. The van der Waals surface area contributed by atoms with Crippen LogP contribution in [0.15, 0.2) is 57.7 Å². The van der Waals surface area contributed by atoms with Gasteiger partial charge in [0.05, 0.1) is 15.5 Å². The minimum atomic E-state index is -3.77. The van der Waals surface area contributed by atoms with Gasteiger partial charge in [-0.05, 0) is 59.5 Å². The lowest BCUT2D eigenvalue weighted by Gasteiger charge is -2.19. The Morgan fingerprint density at radius 2 is 1.82 bits per heavy atom. The fraction of sp³-hybridized carbons (Fsp3) is 0.263. The maximum Gasteiger partial charge on any atom is 0.261 e. The third-order valence-electron chi connectivity index (χ3n) is 4.18. The number of aromatic nitrogens is 3. The number of aromatic hydroxyl groups is 1. The van der Waals surface area contributed by atoms with Gasteiger partial charge < -0.3 is 5.11 Å². The van der Waals surface area contributed by atoms with Gasteiger partial charge in [0.2, 0.25) is 0 Å². The molecule has 0 aliphatic heterocycles. The summed E-state index contributed by atoms with van der Waals surface area (Å²) in [7, 11) is -3.77. The van der Waals surface area contributed by atoms with Gasteiger partial charge in [0.15, 0.2) is 5.16 Å². The highest BCUT2D eigenvalue weighted by Crippen LogP contribution is 2.37. The summed E-state index contributed by atoms with van der Waals surface area (Å²) in [5.41, 5.74) is 1.99. The first kappa shape index (κ1) is 20.2. The molecule has 0 amide bonds. The van der Waals surface area contributed by atoms with Gasteiger partial charge in [0.1, 0.15) is 12.1 Å². The van der Waals surface area contributed by atoms with E-state index < -0.39 is 10.0 Å². The molecule has 0 fully saturated rings. The van der Waals surface area contributed by atoms with E-state index in [1.165, 1.54) is 12.4 Å². The van der Waals surface area contributed by atoms with Crippen molar-refractivity contribution >= 4 is 27.5 Å². The number of nitrogens with one attached hydrogen (secondary N) is 2. The van der Waals surface area contributed by atoms with Crippen LogP contribution in [0.4, 0.5) is 5.69 Å². The van der Waals surface area contributed by atoms with Gasteiger partial charge in [-0.25, -0.2) is 13.4 Å². The predicted octanol–water partition coefficient (Wildman–Crippen LogP) is 4.07. The van der Waals surface area contributed by atoms with Crippen molar-refractivity contribution in [3.8, 4) is 5.75 Å². The summed E-state index contributed by atoms with van der Waals surface area (Å²) in [5.74, 6) is 0.0383. The second-order valence-corrected chi connectivity index (χ2v) is 10.1. The van der Waals surface area contributed by atoms with Crippen LogP contribution in [0.3, 0.4) is 0 Å². The van der Waals surface area contributed by atoms with Crippen molar-refractivity contribution in [2.24, 2.45) is 0 Å². The van der Waals surface area contributed by atoms with Crippen molar-refractivity contribution in [1.82, 2.24) is 15.2 Å². The fourth-order valence-electron chi connectivity index (χ4n) is 2.55. The lowest BCUT2D eigenvalue weighted by atomic mass is 9.87. The molecule has 0 unspecified atom stereocenters. The van der Waals surface area contributed by atoms with Crippen molar-refractivity contribution in [2.45, 2.75) is 48.1 Å². The standard InChI is InChI=1S/C19H22N4O3S2/c1-12-9-16(24)17(27-18-20-11-21-22-18)10-15(12)23-28(25,26)14-7-5-13(6-8-14)19(2,3)4/h5-11,23-24H,1-4H3,(H,20,21,22). The molecule has 7 nitrogen and oxygen atoms in total. The number of anilines is 1. The van der Waals surface area contributed by atoms with Gasteiger partial charge in [-0.2, -0.15) is 5.10 Å². The summed E-state index contributed by atoms with van der Waals surface area (Å²) in [6.45, 7) is 7.94. The summed E-state index contributed by atoms with van der Waals surface area (Å²) in [5, 5.41) is 17.1. The molecule has 2 aromatic carbocycles. The van der Waals surface area contributed by atoms with Crippen LogP contribution in [0.1, 0.15) is 31.9 Å². The van der Waals surface area contributed by atoms with Crippen molar-refractivity contribution in [2.75, 3.05) is 4.72 Å². The number of nitrogens with zero attached hydrogens (tertiary/aromatic N) is 2. The normalized spacial score (nSPS) is 12.1. The molecule has 28 heavy (non-hydrogen) atoms. The summed E-state index contributed by atoms with van der Waals surface area (Å²) in [6.07, 6.45) is 1.36. The predicted molar refractivity (Wildman–Crippen MR) is 109 cm³/mol. The zero-order valence-electron chi connectivity index (χ0n) is 16.0. The number of phenols is 1. The summed E-state index contributed by atoms with van der Waals surface area (Å²) in [6, 6.07) is 9.94. The number of aryl methyl sites for hydroxylation is 1. The Morgan fingerprint density at radius 3 is 2.39 bits per heavy atom. The third kappa shape index (κ3) is 4.48. The molecule has 1 heterocycles. The van der Waals surface area contributed by atoms with E-state index in [1.807, 2.05) is 12.1 Å². The monoisotopic (exact) mass is 418 g/mol. The average Bonchev–Trinajstić information content (AvgIpc) is 3.11. The summed E-state index contributed by atoms with van der Waals surface area (Å²) < 4.78 is 28.2. The molecule has 148 valence electrons. The van der Waals surface area contributed by atoms with Gasteiger partial charge in [-0.15, -0.1) is 0 Å². The van der Waals surface area contributed by atoms with Gasteiger partial charge in [-0.3, -0.25) is 9.82 Å². The first-order chi connectivity index (χ1) is 13.1. The minimum absolute atomic E-state index is 0.0383. The molecule has 9 heteroatoms. The topological polar surface area (TPSA) is 108 Å². The van der Waals surface area contributed by atoms with Crippen LogP contribution in [0.2, 0.25) is 0 Å². The smallest absolute Gasteiger partial charge is 0.261 e. The average molecular weight is 419 g/mol. The highest BCUT2D eigenvalue weighted by atomic mass is 32.2. The Hall–Kier alpha value is -2.52. The third-order valence-corrected chi connectivity index (χ3v) is 6.50. The van der Waals surface area contributed by atoms with Crippen LogP contribution in [0.25, 0.3) is 0 Å². The molecule has 0 atom stereocenters. The maximum atomic E-state index is 12.8. The Labute approximate surface area is 168 Å². The highest BCUT2D eigenvalue weighted by molar-refractivity contribution is 7.99. The molecule has 3 N–H and O–H groups in total. The van der Waals surface area contributed by atoms with E-state index in [4.69, 9.17) is 0 Å². The molecule has 0 aliphatic carbocycles. The lowest BCUT2D eigenvalue weighted by Crippen LogP contribution is -2.15. The van der Waals surface area contributed by atoms with Crippen LogP contribution in [0, 0.1) is 6.92 Å². The van der Waals surface area contributed by atoms with E-state index in [0.717, 1.165) is 17.3 Å². The van der Waals surface area contributed by atoms with Crippen LogP contribution < -0.4 is 4.72 Å². The Morgan fingerprint density at radius 1 is 1.14 bits per heavy atom. The zero-order valence-corrected chi connectivity index (χ0v) is 17.6. The molecular formula is C19H22N4O3S2. The van der Waals surface area contributed by atoms with Crippen LogP contribution >= 0.6 is 11.8 Å². The Bertz CT molecular complexity index is 1070. The van der Waals surface area contributed by atoms with Gasteiger partial charge in [0.25, 0.3) is 10.0 Å². The zero-order chi connectivity index (χ0) is 20.5. The number of benzene rings is 2. The fourth-order valence-corrected chi connectivity index (χ4v) is 4.42. The SMILES string of the molecule is Cc1cc(O)c(Sc2ncn[nH]2)cc1NS(=O)(=O)c1ccc(C(C)(C)C)cc1. The van der Waals surface area contributed by atoms with E-state index in [-0.39, 0.29) is 16.1 Å². The van der Waals surface area contributed by atoms with Crippen molar-refractivity contribution in [1.29, 1.82) is 0 Å². The molecule has 0 saturated carbocycles. The molecule has 3 rings (SSSR count). The lowest BCUT2D eigenvalue weighted by molar-refractivity contribution is 0.462. The van der Waals surface area contributed by atoms with Crippen molar-refractivity contribution in [3.63, 3.8) is 0 Å². The summed E-state index contributed by atoms with van der Waals surface area (Å²) >= 11 is 1.16. The maximum absolute atomic E-state index is 12.8. The van der Waals surface area contributed by atoms with E-state index in [9.17, 15) is 13.5 Å². The molecular weight excluding hydrogens is 396 g/mol. The molecule has 0 spiro atoms. The molecule has 0 saturated heterocycles.